The van der Waals surface area contributed by atoms with Crippen LogP contribution in [0.2, 0.25) is 0 Å². The summed E-state index contributed by atoms with van der Waals surface area (Å²) in [6.07, 6.45) is 3.86. The molecule has 19 heavy (non-hydrogen) atoms. The third-order valence-corrected chi connectivity index (χ3v) is 3.48. The Kier molecular flexibility index (Phi) is 4.31. The summed E-state index contributed by atoms with van der Waals surface area (Å²) < 4.78 is 0. The van der Waals surface area contributed by atoms with E-state index in [9.17, 15) is 4.79 Å². The van der Waals surface area contributed by atoms with Gasteiger partial charge >= 0.3 is 0 Å². The first-order chi connectivity index (χ1) is 9.09. The van der Waals surface area contributed by atoms with E-state index in [1.165, 1.54) is 0 Å². The van der Waals surface area contributed by atoms with Gasteiger partial charge in [-0.2, -0.15) is 0 Å². The topological polar surface area (TPSA) is 71.2 Å². The van der Waals surface area contributed by atoms with Gasteiger partial charge < -0.3 is 16.0 Å². The van der Waals surface area contributed by atoms with E-state index >= 15 is 0 Å². The van der Waals surface area contributed by atoms with Crippen LogP contribution in [0.25, 0.3) is 0 Å². The van der Waals surface area contributed by atoms with Gasteiger partial charge in [0.1, 0.15) is 10.8 Å². The maximum Gasteiger partial charge on any atom is 0.241 e. The lowest BCUT2D eigenvalue weighted by Gasteiger charge is -2.17. The van der Waals surface area contributed by atoms with E-state index in [-0.39, 0.29) is 12.5 Å². The summed E-state index contributed by atoms with van der Waals surface area (Å²) in [5.41, 5.74) is 7.37. The van der Waals surface area contributed by atoms with Crippen molar-refractivity contribution in [1.29, 1.82) is 0 Å². The average molecular weight is 278 g/mol. The number of rotatable bonds is 4. The van der Waals surface area contributed by atoms with Crippen molar-refractivity contribution >= 4 is 28.9 Å². The number of aromatic nitrogens is 1. The molecule has 5 nitrogen and oxygen atoms in total. The third-order valence-electron chi connectivity index (χ3n) is 3.27. The number of nitrogens with two attached hydrogens (primary N) is 1. The zero-order valence-electron chi connectivity index (χ0n) is 11.0. The maximum absolute atomic E-state index is 12.0. The number of anilines is 1. The zero-order chi connectivity index (χ0) is 13.8. The molecule has 3 N–H and O–H groups in total. The van der Waals surface area contributed by atoms with E-state index in [4.69, 9.17) is 18.0 Å². The van der Waals surface area contributed by atoms with Crippen molar-refractivity contribution in [3.8, 4) is 0 Å². The highest BCUT2D eigenvalue weighted by molar-refractivity contribution is 7.80. The average Bonchev–Trinajstić information content (AvgIpc) is 2.89. The lowest BCUT2D eigenvalue weighted by atomic mass is 10.1. The predicted molar refractivity (Wildman–Crippen MR) is 79.2 cm³/mol. The Bertz CT molecular complexity index is 497. The number of likely N-dealkylation sites (tertiary alicyclic amines) is 1. The van der Waals surface area contributed by atoms with E-state index in [2.05, 4.69) is 10.3 Å². The van der Waals surface area contributed by atoms with E-state index in [1.807, 2.05) is 17.9 Å². The van der Waals surface area contributed by atoms with E-state index in [0.717, 1.165) is 31.5 Å². The molecule has 0 unspecified atom stereocenters. The largest absolute Gasteiger partial charge is 0.389 e. The number of hydrogen-bond acceptors (Lipinski definition) is 4. The molecular weight excluding hydrogens is 260 g/mol. The molecule has 0 bridgehead atoms. The van der Waals surface area contributed by atoms with Crippen LogP contribution in [0.4, 0.5) is 5.82 Å². The minimum absolute atomic E-state index is 0.0923. The molecule has 1 fully saturated rings. The Labute approximate surface area is 118 Å². The maximum atomic E-state index is 12.0. The second-order valence-electron chi connectivity index (χ2n) is 4.66. The summed E-state index contributed by atoms with van der Waals surface area (Å²) in [6.45, 7) is 3.85. The van der Waals surface area contributed by atoms with Crippen molar-refractivity contribution < 1.29 is 4.79 Å². The van der Waals surface area contributed by atoms with Gasteiger partial charge in [0.25, 0.3) is 0 Å². The number of nitrogens with zero attached hydrogens (tertiary/aromatic N) is 2. The van der Waals surface area contributed by atoms with Crippen molar-refractivity contribution in [2.45, 2.75) is 19.8 Å². The van der Waals surface area contributed by atoms with Gasteiger partial charge in [-0.15, -0.1) is 0 Å². The van der Waals surface area contributed by atoms with Crippen molar-refractivity contribution in [3.05, 3.63) is 23.4 Å². The van der Waals surface area contributed by atoms with Gasteiger partial charge in [0, 0.05) is 19.3 Å². The van der Waals surface area contributed by atoms with Gasteiger partial charge in [0.2, 0.25) is 5.91 Å². The minimum Gasteiger partial charge on any atom is -0.389 e. The molecule has 2 rings (SSSR count). The van der Waals surface area contributed by atoms with E-state index in [1.54, 1.807) is 6.20 Å². The van der Waals surface area contributed by atoms with Crippen molar-refractivity contribution in [2.75, 3.05) is 25.0 Å². The standard InChI is InChI=1S/C13H18N4OS/c1-9-4-5-15-13(11(9)12(14)19)16-8-10(18)17-6-2-3-7-17/h4-5H,2-3,6-8H2,1H3,(H2,14,19)(H,15,16). The Morgan fingerprint density at radius 1 is 1.53 bits per heavy atom. The summed E-state index contributed by atoms with van der Waals surface area (Å²) in [6, 6.07) is 1.85. The van der Waals surface area contributed by atoms with Crippen LogP contribution in [-0.2, 0) is 4.79 Å². The quantitative estimate of drug-likeness (QED) is 0.806. The second-order valence-corrected chi connectivity index (χ2v) is 5.10. The molecule has 1 amide bonds. The molecule has 0 spiro atoms. The zero-order valence-corrected chi connectivity index (χ0v) is 11.8. The lowest BCUT2D eigenvalue weighted by molar-refractivity contribution is -0.128. The number of amides is 1. The van der Waals surface area contributed by atoms with Crippen molar-refractivity contribution in [1.82, 2.24) is 9.88 Å². The Morgan fingerprint density at radius 3 is 2.84 bits per heavy atom. The molecule has 6 heteroatoms. The molecule has 1 aliphatic rings. The first-order valence-corrected chi connectivity index (χ1v) is 6.77. The van der Waals surface area contributed by atoms with Gasteiger partial charge in [0.15, 0.2) is 0 Å². The van der Waals surface area contributed by atoms with Crippen LogP contribution in [0.3, 0.4) is 0 Å². The Balaban J connectivity index is 2.05. The second kappa shape index (κ2) is 5.97. The number of carbonyl (C=O) groups is 1. The molecule has 1 aromatic rings. The molecule has 0 radical (unpaired) electrons. The molecule has 0 saturated carbocycles. The van der Waals surface area contributed by atoms with Crippen LogP contribution in [0.15, 0.2) is 12.3 Å². The van der Waals surface area contributed by atoms with Crippen LogP contribution in [0, 0.1) is 6.92 Å². The first kappa shape index (κ1) is 13.7. The lowest BCUT2D eigenvalue weighted by Crippen LogP contribution is -2.33. The fourth-order valence-corrected chi connectivity index (χ4v) is 2.50. The summed E-state index contributed by atoms with van der Waals surface area (Å²) in [7, 11) is 0. The van der Waals surface area contributed by atoms with Crippen molar-refractivity contribution in [3.63, 3.8) is 0 Å². The van der Waals surface area contributed by atoms with Gasteiger partial charge in [-0.1, -0.05) is 12.2 Å². The van der Waals surface area contributed by atoms with E-state index in [0.29, 0.717) is 16.4 Å². The molecule has 0 aliphatic carbocycles. The highest BCUT2D eigenvalue weighted by atomic mass is 32.1. The van der Waals surface area contributed by atoms with Crippen LogP contribution in [0.1, 0.15) is 24.0 Å². The van der Waals surface area contributed by atoms with Crippen LogP contribution in [-0.4, -0.2) is 40.4 Å². The fraction of sp³-hybridized carbons (Fsp3) is 0.462. The number of aryl methyl sites for hydroxylation is 1. The monoisotopic (exact) mass is 278 g/mol. The number of nitrogens with one attached hydrogen (secondary N) is 1. The van der Waals surface area contributed by atoms with Gasteiger partial charge in [-0.3, -0.25) is 4.79 Å². The SMILES string of the molecule is Cc1ccnc(NCC(=O)N2CCCC2)c1C(N)=S. The van der Waals surface area contributed by atoms with Gasteiger partial charge in [0.05, 0.1) is 12.1 Å². The number of thiocarbonyl (C=S) groups is 1. The summed E-state index contributed by atoms with van der Waals surface area (Å²) >= 11 is 5.03. The van der Waals surface area contributed by atoms with Gasteiger partial charge in [-0.05, 0) is 31.4 Å². The number of pyridine rings is 1. The Morgan fingerprint density at radius 2 is 2.21 bits per heavy atom. The minimum atomic E-state index is 0.0923. The fourth-order valence-electron chi connectivity index (χ4n) is 2.24. The van der Waals surface area contributed by atoms with Crippen LogP contribution < -0.4 is 11.1 Å². The summed E-state index contributed by atoms with van der Waals surface area (Å²) in [5, 5.41) is 3.04. The molecule has 1 saturated heterocycles. The summed E-state index contributed by atoms with van der Waals surface area (Å²) in [5.74, 6) is 0.676. The van der Waals surface area contributed by atoms with Crippen LogP contribution >= 0.6 is 12.2 Å². The number of carbonyl (C=O) groups excluding carboxylic acids is 1. The molecule has 102 valence electrons. The summed E-state index contributed by atoms with van der Waals surface area (Å²) in [4.78, 5) is 18.3. The highest BCUT2D eigenvalue weighted by Gasteiger charge is 2.18. The van der Waals surface area contributed by atoms with Crippen LogP contribution in [0.5, 0.6) is 0 Å². The normalized spacial score (nSPS) is 14.5. The smallest absolute Gasteiger partial charge is 0.241 e. The third kappa shape index (κ3) is 3.20. The molecule has 1 aromatic heterocycles. The molecule has 0 aromatic carbocycles. The first-order valence-electron chi connectivity index (χ1n) is 6.36. The highest BCUT2D eigenvalue weighted by Crippen LogP contribution is 2.16. The molecule has 2 heterocycles. The predicted octanol–water partition coefficient (Wildman–Crippen LogP) is 1.06. The Hall–Kier alpha value is -1.69. The van der Waals surface area contributed by atoms with E-state index < -0.39 is 0 Å². The molecule has 0 atom stereocenters. The molecular formula is C13H18N4OS. The number of hydrogen-bond donors (Lipinski definition) is 2. The van der Waals surface area contributed by atoms with Gasteiger partial charge in [-0.25, -0.2) is 4.98 Å². The molecule has 1 aliphatic heterocycles. The van der Waals surface area contributed by atoms with Crippen molar-refractivity contribution in [2.24, 2.45) is 5.73 Å².